The lowest BCUT2D eigenvalue weighted by molar-refractivity contribution is 0.201. The molecule has 1 aliphatic rings. The number of nitrogens with one attached hydrogen (secondary N) is 1. The van der Waals surface area contributed by atoms with Gasteiger partial charge in [0.25, 0.3) is 0 Å². The van der Waals surface area contributed by atoms with Crippen LogP contribution in [0.2, 0.25) is 5.02 Å². The maximum absolute atomic E-state index is 13.9. The fraction of sp³-hybridized carbons (Fsp3) is 0.333. The largest absolute Gasteiger partial charge is 0.491 e. The fourth-order valence-electron chi connectivity index (χ4n) is 2.32. The van der Waals surface area contributed by atoms with Gasteiger partial charge < -0.3 is 20.1 Å². The van der Waals surface area contributed by atoms with Gasteiger partial charge in [-0.3, -0.25) is 0 Å². The van der Waals surface area contributed by atoms with Crippen molar-refractivity contribution >= 4 is 17.3 Å². The summed E-state index contributed by atoms with van der Waals surface area (Å²) in [4.78, 5) is 2.02. The summed E-state index contributed by atoms with van der Waals surface area (Å²) in [6, 6.07) is 14.3. The Labute approximate surface area is 146 Å². The van der Waals surface area contributed by atoms with Crippen molar-refractivity contribution in [1.29, 1.82) is 0 Å². The number of hydrogen-bond acceptors (Lipinski definition) is 4. The van der Waals surface area contributed by atoms with Crippen molar-refractivity contribution in [3.63, 3.8) is 0 Å². The van der Waals surface area contributed by atoms with Crippen LogP contribution >= 0.6 is 11.6 Å². The van der Waals surface area contributed by atoms with Crippen molar-refractivity contribution in [2.24, 2.45) is 0 Å². The van der Waals surface area contributed by atoms with Crippen LogP contribution in [-0.4, -0.2) is 44.5 Å². The van der Waals surface area contributed by atoms with E-state index in [9.17, 15) is 4.39 Å². The Bertz CT molecular complexity index is 607. The monoisotopic (exact) mass is 352 g/mol. The minimum atomic E-state index is -0.276. The van der Waals surface area contributed by atoms with Gasteiger partial charge in [0.1, 0.15) is 18.2 Å². The van der Waals surface area contributed by atoms with Crippen molar-refractivity contribution in [3.05, 3.63) is 59.4 Å². The maximum Gasteiger partial charge on any atom is 0.150 e. The van der Waals surface area contributed by atoms with Crippen LogP contribution in [-0.2, 0) is 0 Å². The SMILES string of the molecule is Clc1ccccc1.OCCOc1ccc(N2CCNCC2)c(F)c1. The second kappa shape index (κ2) is 10.1. The topological polar surface area (TPSA) is 44.7 Å². The Kier molecular flexibility index (Phi) is 7.82. The predicted octanol–water partition coefficient (Wildman–Crippen LogP) is 2.95. The highest BCUT2D eigenvalue weighted by Gasteiger charge is 2.14. The van der Waals surface area contributed by atoms with Crippen LogP contribution in [0.5, 0.6) is 5.75 Å². The number of halogens is 2. The molecule has 4 nitrogen and oxygen atoms in total. The van der Waals surface area contributed by atoms with Gasteiger partial charge in [-0.2, -0.15) is 0 Å². The number of aliphatic hydroxyl groups is 1. The summed E-state index contributed by atoms with van der Waals surface area (Å²) in [5.74, 6) is 0.178. The van der Waals surface area contributed by atoms with Crippen LogP contribution in [0.3, 0.4) is 0 Å². The van der Waals surface area contributed by atoms with Gasteiger partial charge in [0.05, 0.1) is 12.3 Å². The van der Waals surface area contributed by atoms with E-state index in [0.29, 0.717) is 11.4 Å². The highest BCUT2D eigenvalue weighted by molar-refractivity contribution is 6.30. The normalized spacial score (nSPS) is 13.9. The summed E-state index contributed by atoms with van der Waals surface area (Å²) in [5, 5.41) is 12.6. The van der Waals surface area contributed by atoms with Gasteiger partial charge >= 0.3 is 0 Å². The molecule has 1 aliphatic heterocycles. The van der Waals surface area contributed by atoms with E-state index in [1.807, 2.05) is 35.2 Å². The third-order valence-corrected chi connectivity index (χ3v) is 3.72. The lowest BCUT2D eigenvalue weighted by Gasteiger charge is -2.29. The summed E-state index contributed by atoms with van der Waals surface area (Å²) in [6.07, 6.45) is 0. The van der Waals surface area contributed by atoms with Crippen LogP contribution < -0.4 is 15.0 Å². The zero-order valence-electron chi connectivity index (χ0n) is 13.4. The van der Waals surface area contributed by atoms with Crippen molar-refractivity contribution in [1.82, 2.24) is 5.32 Å². The number of nitrogens with zero attached hydrogens (tertiary/aromatic N) is 1. The average molecular weight is 353 g/mol. The Morgan fingerprint density at radius 3 is 2.38 bits per heavy atom. The number of benzene rings is 2. The van der Waals surface area contributed by atoms with E-state index in [0.717, 1.165) is 31.2 Å². The van der Waals surface area contributed by atoms with Crippen LogP contribution in [0.1, 0.15) is 0 Å². The molecule has 0 saturated carbocycles. The lowest BCUT2D eigenvalue weighted by atomic mass is 10.2. The molecule has 130 valence electrons. The molecule has 0 atom stereocenters. The van der Waals surface area contributed by atoms with Crippen LogP contribution in [0.15, 0.2) is 48.5 Å². The molecule has 1 heterocycles. The molecule has 0 unspecified atom stereocenters. The second-order valence-electron chi connectivity index (χ2n) is 5.22. The molecular weight excluding hydrogens is 331 g/mol. The van der Waals surface area contributed by atoms with Gasteiger partial charge in [-0.05, 0) is 24.3 Å². The summed E-state index contributed by atoms with van der Waals surface area (Å²) in [7, 11) is 0. The van der Waals surface area contributed by atoms with E-state index in [4.69, 9.17) is 21.4 Å². The molecule has 0 aromatic heterocycles. The number of piperazine rings is 1. The van der Waals surface area contributed by atoms with Gasteiger partial charge in [0, 0.05) is 37.3 Å². The van der Waals surface area contributed by atoms with Crippen molar-refractivity contribution < 1.29 is 14.2 Å². The zero-order valence-corrected chi connectivity index (χ0v) is 14.2. The third kappa shape index (κ3) is 6.00. The van der Waals surface area contributed by atoms with Crippen molar-refractivity contribution in [3.8, 4) is 5.75 Å². The molecule has 0 radical (unpaired) electrons. The highest BCUT2D eigenvalue weighted by atomic mass is 35.5. The first kappa shape index (κ1) is 18.5. The van der Waals surface area contributed by atoms with E-state index in [1.165, 1.54) is 6.07 Å². The Morgan fingerprint density at radius 2 is 1.83 bits per heavy atom. The number of ether oxygens (including phenoxy) is 1. The van der Waals surface area contributed by atoms with Gasteiger partial charge in [0.2, 0.25) is 0 Å². The van der Waals surface area contributed by atoms with E-state index in [-0.39, 0.29) is 19.0 Å². The smallest absolute Gasteiger partial charge is 0.150 e. The molecule has 1 fully saturated rings. The van der Waals surface area contributed by atoms with E-state index in [1.54, 1.807) is 12.1 Å². The summed E-state index contributed by atoms with van der Waals surface area (Å²) < 4.78 is 19.0. The van der Waals surface area contributed by atoms with E-state index < -0.39 is 0 Å². The molecule has 2 N–H and O–H groups in total. The lowest BCUT2D eigenvalue weighted by Crippen LogP contribution is -2.43. The van der Waals surface area contributed by atoms with E-state index >= 15 is 0 Å². The fourth-order valence-corrected chi connectivity index (χ4v) is 2.46. The van der Waals surface area contributed by atoms with Gasteiger partial charge in [-0.25, -0.2) is 4.39 Å². The zero-order chi connectivity index (χ0) is 17.2. The minimum Gasteiger partial charge on any atom is -0.491 e. The summed E-state index contributed by atoms with van der Waals surface area (Å²) in [5.41, 5.74) is 0.614. The van der Waals surface area contributed by atoms with Crippen molar-refractivity contribution in [2.75, 3.05) is 44.3 Å². The van der Waals surface area contributed by atoms with Crippen molar-refractivity contribution in [2.45, 2.75) is 0 Å². The Morgan fingerprint density at radius 1 is 1.12 bits per heavy atom. The van der Waals surface area contributed by atoms with Crippen LogP contribution in [0, 0.1) is 5.82 Å². The number of aliphatic hydroxyl groups excluding tert-OH is 1. The summed E-state index contributed by atoms with van der Waals surface area (Å²) >= 11 is 5.54. The first-order valence-electron chi connectivity index (χ1n) is 7.90. The third-order valence-electron chi connectivity index (χ3n) is 3.47. The standard InChI is InChI=1S/C12H17FN2O2.C6H5Cl/c13-11-9-10(17-8-7-16)1-2-12(11)15-5-3-14-4-6-15;7-6-4-2-1-3-5-6/h1-2,9,14,16H,3-8H2;1-5H. The Balaban J connectivity index is 0.000000249. The maximum atomic E-state index is 13.9. The molecule has 0 spiro atoms. The van der Waals surface area contributed by atoms with Crippen LogP contribution in [0.4, 0.5) is 10.1 Å². The molecule has 0 bridgehead atoms. The first-order valence-corrected chi connectivity index (χ1v) is 8.28. The number of hydrogen-bond donors (Lipinski definition) is 2. The highest BCUT2D eigenvalue weighted by Crippen LogP contribution is 2.24. The first-order chi connectivity index (χ1) is 11.7. The van der Waals surface area contributed by atoms with Crippen LogP contribution in [0.25, 0.3) is 0 Å². The molecule has 0 amide bonds. The molecular formula is C18H22ClFN2O2. The molecule has 2 aromatic rings. The second-order valence-corrected chi connectivity index (χ2v) is 5.65. The van der Waals surface area contributed by atoms with Gasteiger partial charge in [-0.1, -0.05) is 29.8 Å². The molecule has 3 rings (SSSR count). The minimum absolute atomic E-state index is 0.0683. The summed E-state index contributed by atoms with van der Waals surface area (Å²) in [6.45, 7) is 3.50. The number of anilines is 1. The number of rotatable bonds is 4. The molecule has 2 aromatic carbocycles. The van der Waals surface area contributed by atoms with Gasteiger partial charge in [0.15, 0.2) is 0 Å². The quantitative estimate of drug-likeness (QED) is 0.888. The molecule has 6 heteroatoms. The molecule has 0 aliphatic carbocycles. The average Bonchev–Trinajstić information content (AvgIpc) is 2.62. The van der Waals surface area contributed by atoms with Gasteiger partial charge in [-0.15, -0.1) is 0 Å². The molecule has 24 heavy (non-hydrogen) atoms. The molecule has 1 saturated heterocycles. The Hall–Kier alpha value is -1.82. The predicted molar refractivity (Wildman–Crippen MR) is 95.5 cm³/mol. The van der Waals surface area contributed by atoms with E-state index in [2.05, 4.69) is 5.32 Å².